The van der Waals surface area contributed by atoms with Crippen molar-refractivity contribution in [3.05, 3.63) is 89.5 Å². The molecule has 0 saturated carbocycles. The standard InChI is InChI=1S/C27H28N2O5/c1-31-22-9-5-6-19(12-22)15-29(17-25(30)20-7-3-2-4-8-20)16-23-14-24(28-34-23)21-10-11-26-27(13-21)33-18-32-26/h2-13,23,25,30H,14-18H2,1H3/t23-,25+/m1/s1. The van der Waals surface area contributed by atoms with E-state index in [2.05, 4.69) is 16.1 Å². The Morgan fingerprint density at radius 1 is 1.03 bits per heavy atom. The number of benzene rings is 3. The van der Waals surface area contributed by atoms with E-state index in [1.165, 1.54) is 0 Å². The van der Waals surface area contributed by atoms with Gasteiger partial charge < -0.3 is 24.2 Å². The van der Waals surface area contributed by atoms with Crippen LogP contribution in [0, 0.1) is 0 Å². The molecule has 0 fully saturated rings. The zero-order valence-electron chi connectivity index (χ0n) is 19.1. The number of ether oxygens (including phenoxy) is 3. The van der Waals surface area contributed by atoms with Gasteiger partial charge in [-0.05, 0) is 41.5 Å². The largest absolute Gasteiger partial charge is 0.497 e. The lowest BCUT2D eigenvalue weighted by Gasteiger charge is -2.27. The van der Waals surface area contributed by atoms with Crippen LogP contribution in [0.15, 0.2) is 78.0 Å². The van der Waals surface area contributed by atoms with Gasteiger partial charge in [0.15, 0.2) is 11.5 Å². The minimum Gasteiger partial charge on any atom is -0.497 e. The summed E-state index contributed by atoms with van der Waals surface area (Å²) in [6, 6.07) is 23.5. The Bertz CT molecular complexity index is 1150. The molecule has 0 bridgehead atoms. The molecule has 0 radical (unpaired) electrons. The molecule has 5 rings (SSSR count). The van der Waals surface area contributed by atoms with E-state index >= 15 is 0 Å². The fraction of sp³-hybridized carbons (Fsp3) is 0.296. The molecule has 0 amide bonds. The first-order chi connectivity index (χ1) is 16.7. The van der Waals surface area contributed by atoms with Crippen LogP contribution in [-0.4, -0.2) is 48.8 Å². The van der Waals surface area contributed by atoms with Gasteiger partial charge in [-0.3, -0.25) is 4.90 Å². The average Bonchev–Trinajstić information content (AvgIpc) is 3.53. The maximum Gasteiger partial charge on any atom is 0.231 e. The summed E-state index contributed by atoms with van der Waals surface area (Å²) < 4.78 is 16.3. The van der Waals surface area contributed by atoms with Gasteiger partial charge in [0.05, 0.1) is 18.9 Å². The minimum atomic E-state index is -0.609. The fourth-order valence-electron chi connectivity index (χ4n) is 4.32. The topological polar surface area (TPSA) is 72.8 Å². The van der Waals surface area contributed by atoms with Crippen molar-refractivity contribution in [2.75, 3.05) is 27.0 Å². The van der Waals surface area contributed by atoms with E-state index in [0.717, 1.165) is 39.7 Å². The van der Waals surface area contributed by atoms with Crippen LogP contribution in [0.3, 0.4) is 0 Å². The van der Waals surface area contributed by atoms with Crippen molar-refractivity contribution >= 4 is 5.71 Å². The predicted octanol–water partition coefficient (Wildman–Crippen LogP) is 4.15. The van der Waals surface area contributed by atoms with Gasteiger partial charge in [0.1, 0.15) is 11.9 Å². The van der Waals surface area contributed by atoms with Gasteiger partial charge in [-0.15, -0.1) is 0 Å². The molecule has 0 aromatic heterocycles. The van der Waals surface area contributed by atoms with Crippen molar-refractivity contribution in [2.24, 2.45) is 5.16 Å². The molecular weight excluding hydrogens is 432 g/mol. The zero-order chi connectivity index (χ0) is 23.3. The number of oxime groups is 1. The molecule has 3 aromatic carbocycles. The third kappa shape index (κ3) is 5.16. The second-order valence-electron chi connectivity index (χ2n) is 8.51. The Morgan fingerprint density at radius 3 is 2.74 bits per heavy atom. The Morgan fingerprint density at radius 2 is 1.88 bits per heavy atom. The van der Waals surface area contributed by atoms with Gasteiger partial charge in [-0.1, -0.05) is 47.6 Å². The fourth-order valence-corrected chi connectivity index (χ4v) is 4.32. The number of aliphatic hydroxyl groups is 1. The summed E-state index contributed by atoms with van der Waals surface area (Å²) >= 11 is 0. The van der Waals surface area contributed by atoms with Crippen LogP contribution < -0.4 is 14.2 Å². The number of nitrogens with zero attached hydrogens (tertiary/aromatic N) is 2. The molecule has 1 N–H and O–H groups in total. The molecule has 0 spiro atoms. The molecule has 0 aliphatic carbocycles. The van der Waals surface area contributed by atoms with E-state index in [1.807, 2.05) is 66.7 Å². The van der Waals surface area contributed by atoms with Crippen molar-refractivity contribution in [3.8, 4) is 17.2 Å². The number of fused-ring (bicyclic) bond motifs is 1. The highest BCUT2D eigenvalue weighted by Crippen LogP contribution is 2.34. The molecule has 3 aromatic rings. The highest BCUT2D eigenvalue weighted by molar-refractivity contribution is 6.01. The number of aliphatic hydroxyl groups excluding tert-OH is 1. The number of rotatable bonds is 9. The lowest BCUT2D eigenvalue weighted by atomic mass is 10.0. The van der Waals surface area contributed by atoms with E-state index < -0.39 is 6.10 Å². The lowest BCUT2D eigenvalue weighted by Crippen LogP contribution is -2.35. The van der Waals surface area contributed by atoms with Crippen molar-refractivity contribution in [1.29, 1.82) is 0 Å². The van der Waals surface area contributed by atoms with Crippen LogP contribution >= 0.6 is 0 Å². The third-order valence-electron chi connectivity index (χ3n) is 6.06. The Hall–Kier alpha value is -3.55. The molecule has 0 unspecified atom stereocenters. The van der Waals surface area contributed by atoms with Crippen LogP contribution in [0.5, 0.6) is 17.2 Å². The quantitative estimate of drug-likeness (QED) is 0.517. The van der Waals surface area contributed by atoms with Crippen molar-refractivity contribution in [2.45, 2.75) is 25.2 Å². The predicted molar refractivity (Wildman–Crippen MR) is 128 cm³/mol. The molecule has 2 heterocycles. The molecule has 176 valence electrons. The summed E-state index contributed by atoms with van der Waals surface area (Å²) in [5.41, 5.74) is 3.85. The first-order valence-electron chi connectivity index (χ1n) is 11.4. The van der Waals surface area contributed by atoms with Crippen LogP contribution in [-0.2, 0) is 11.4 Å². The minimum absolute atomic E-state index is 0.117. The van der Waals surface area contributed by atoms with Gasteiger partial charge in [0.2, 0.25) is 6.79 Å². The summed E-state index contributed by atoms with van der Waals surface area (Å²) in [6.45, 7) is 1.99. The van der Waals surface area contributed by atoms with E-state index in [1.54, 1.807) is 7.11 Å². The maximum absolute atomic E-state index is 10.9. The molecule has 7 nitrogen and oxygen atoms in total. The molecular formula is C27H28N2O5. The van der Waals surface area contributed by atoms with Gasteiger partial charge in [-0.2, -0.15) is 0 Å². The normalized spacial score (nSPS) is 17.4. The Balaban J connectivity index is 1.28. The molecule has 2 aliphatic rings. The van der Waals surface area contributed by atoms with Crippen molar-refractivity contribution in [1.82, 2.24) is 4.90 Å². The first kappa shape index (κ1) is 22.3. The monoisotopic (exact) mass is 460 g/mol. The Labute approximate surface area is 199 Å². The molecule has 34 heavy (non-hydrogen) atoms. The van der Waals surface area contributed by atoms with Crippen LogP contribution in [0.4, 0.5) is 0 Å². The van der Waals surface area contributed by atoms with Crippen molar-refractivity contribution < 1.29 is 24.2 Å². The summed E-state index contributed by atoms with van der Waals surface area (Å²) in [5, 5.41) is 15.3. The van der Waals surface area contributed by atoms with Gasteiger partial charge in [0.25, 0.3) is 0 Å². The highest BCUT2D eigenvalue weighted by Gasteiger charge is 2.27. The number of methoxy groups -OCH3 is 1. The second-order valence-corrected chi connectivity index (χ2v) is 8.51. The SMILES string of the molecule is COc1cccc(CN(C[C@H]2CC(c3ccc4c(c3)OCO4)=NO2)C[C@H](O)c2ccccc2)c1. The van der Waals surface area contributed by atoms with Crippen LogP contribution in [0.25, 0.3) is 0 Å². The third-order valence-corrected chi connectivity index (χ3v) is 6.06. The smallest absolute Gasteiger partial charge is 0.231 e. The van der Waals surface area contributed by atoms with Crippen LogP contribution in [0.2, 0.25) is 0 Å². The zero-order valence-corrected chi connectivity index (χ0v) is 19.1. The van der Waals surface area contributed by atoms with Crippen molar-refractivity contribution in [3.63, 3.8) is 0 Å². The molecule has 7 heteroatoms. The molecule has 0 saturated heterocycles. The summed E-state index contributed by atoms with van der Waals surface area (Å²) in [7, 11) is 1.66. The Kier molecular flexibility index (Phi) is 6.65. The van der Waals surface area contributed by atoms with Gasteiger partial charge in [0, 0.05) is 31.6 Å². The van der Waals surface area contributed by atoms with Gasteiger partial charge >= 0.3 is 0 Å². The summed E-state index contributed by atoms with van der Waals surface area (Å²) in [5.74, 6) is 2.29. The van der Waals surface area contributed by atoms with Gasteiger partial charge in [-0.25, -0.2) is 0 Å². The van der Waals surface area contributed by atoms with E-state index in [-0.39, 0.29) is 12.9 Å². The van der Waals surface area contributed by atoms with E-state index in [9.17, 15) is 5.11 Å². The number of hydrogen-bond donors (Lipinski definition) is 1. The second kappa shape index (κ2) is 10.2. The summed E-state index contributed by atoms with van der Waals surface area (Å²) in [6.07, 6.45) is -0.0492. The first-order valence-corrected chi connectivity index (χ1v) is 11.4. The number of hydrogen-bond acceptors (Lipinski definition) is 7. The van der Waals surface area contributed by atoms with Crippen LogP contribution in [0.1, 0.15) is 29.2 Å². The lowest BCUT2D eigenvalue weighted by molar-refractivity contribution is 0.0318. The molecule has 2 aliphatic heterocycles. The van der Waals surface area contributed by atoms with E-state index in [0.29, 0.717) is 26.1 Å². The average molecular weight is 461 g/mol. The maximum atomic E-state index is 10.9. The highest BCUT2D eigenvalue weighted by atomic mass is 16.7. The van der Waals surface area contributed by atoms with E-state index in [4.69, 9.17) is 19.0 Å². The molecule has 2 atom stereocenters. The summed E-state index contributed by atoms with van der Waals surface area (Å²) in [4.78, 5) is 8.01.